The summed E-state index contributed by atoms with van der Waals surface area (Å²) in [5, 5.41) is 25.0. The summed E-state index contributed by atoms with van der Waals surface area (Å²) in [6.45, 7) is 9.11. The Morgan fingerprint density at radius 2 is 1.67 bits per heavy atom. The first-order valence-electron chi connectivity index (χ1n) is 19.5. The van der Waals surface area contributed by atoms with Crippen molar-refractivity contribution in [1.29, 1.82) is 0 Å². The number of anilines is 3. The normalized spacial score (nSPS) is 28.6. The zero-order chi connectivity index (χ0) is 36.7. The van der Waals surface area contributed by atoms with Crippen LogP contribution >= 0.6 is 0 Å². The van der Waals surface area contributed by atoms with Crippen LogP contribution in [0.25, 0.3) is 11.3 Å². The minimum absolute atomic E-state index is 0.109. The molecule has 4 amide bonds. The number of imide groups is 2. The number of piperazine rings is 1. The molecule has 0 radical (unpaired) electrons. The lowest BCUT2D eigenvalue weighted by molar-refractivity contribution is -0.136. The molecule has 7 aliphatic rings. The first-order chi connectivity index (χ1) is 26.3. The summed E-state index contributed by atoms with van der Waals surface area (Å²) in [7, 11) is 0. The molecule has 14 heteroatoms. The Balaban J connectivity index is 0.721. The van der Waals surface area contributed by atoms with Crippen molar-refractivity contribution < 1.29 is 24.3 Å². The number of carbonyl (C=O) groups excluding carboxylic acids is 4. The number of rotatable bonds is 6. The van der Waals surface area contributed by atoms with Gasteiger partial charge in [0.15, 0.2) is 5.82 Å². The van der Waals surface area contributed by atoms with E-state index in [9.17, 15) is 24.3 Å². The van der Waals surface area contributed by atoms with Crippen LogP contribution < -0.4 is 20.4 Å². The average molecular weight is 732 g/mol. The Labute approximate surface area is 313 Å². The molecule has 0 bridgehead atoms. The highest BCUT2D eigenvalue weighted by Gasteiger charge is 2.50. The fourth-order valence-electron chi connectivity index (χ4n) is 10.3. The number of nitrogens with one attached hydrogen (secondary N) is 2. The highest BCUT2D eigenvalue weighted by molar-refractivity contribution is 6.23. The number of piperidine rings is 2. The molecular weight excluding hydrogens is 686 g/mol. The number of phenolic OH excluding ortho intramolecular Hbond substituents is 1. The summed E-state index contributed by atoms with van der Waals surface area (Å²) in [6.07, 6.45) is 3.90. The molecule has 3 aromatic rings. The second-order valence-electron chi connectivity index (χ2n) is 16.3. The maximum Gasteiger partial charge on any atom is 0.262 e. The van der Waals surface area contributed by atoms with Gasteiger partial charge < -0.3 is 20.2 Å². The molecule has 280 valence electrons. The van der Waals surface area contributed by atoms with Crippen LogP contribution in [0.2, 0.25) is 0 Å². The first-order valence-corrected chi connectivity index (χ1v) is 19.5. The Morgan fingerprint density at radius 3 is 2.50 bits per heavy atom. The van der Waals surface area contributed by atoms with E-state index in [1.54, 1.807) is 12.1 Å². The zero-order valence-electron chi connectivity index (χ0n) is 30.2. The third kappa shape index (κ3) is 5.60. The van der Waals surface area contributed by atoms with Crippen molar-refractivity contribution in [1.82, 2.24) is 30.2 Å². The highest BCUT2D eigenvalue weighted by Crippen LogP contribution is 2.46. The minimum Gasteiger partial charge on any atom is -0.507 e. The van der Waals surface area contributed by atoms with Crippen molar-refractivity contribution in [3.05, 3.63) is 59.7 Å². The van der Waals surface area contributed by atoms with E-state index in [2.05, 4.69) is 46.5 Å². The summed E-state index contributed by atoms with van der Waals surface area (Å²) >= 11 is 0. The minimum atomic E-state index is -0.953. The van der Waals surface area contributed by atoms with Crippen LogP contribution in [0.15, 0.2) is 48.5 Å². The standard InChI is InChI=1S/C40H45N9O5/c50-35-4-2-1-3-28(35)31-17-34-37(44-43-31)41-18-26-21-45(13-14-48(26)34)19-23-9-11-46(12-10-23)33-15-24-20-47(22-30(24)33)25-5-6-27-29(16-25)40(54)49(39(27)53)32-7-8-36(51)42-38(32)52/h1-6,16-17,23-24,26,30,32-33,50H,7-15,18-22H2,(H,41,44)(H,42,51,52)/t24-,26+,30+,32?,33?/m1/s1. The summed E-state index contributed by atoms with van der Waals surface area (Å²) in [6, 6.07) is 14.8. The number of benzene rings is 2. The van der Waals surface area contributed by atoms with Gasteiger partial charge in [-0.25, -0.2) is 0 Å². The van der Waals surface area contributed by atoms with E-state index in [4.69, 9.17) is 0 Å². The molecule has 6 aliphatic heterocycles. The Hall–Kier alpha value is -5.08. The number of hydrogen-bond donors (Lipinski definition) is 3. The van der Waals surface area contributed by atoms with E-state index in [0.717, 1.165) is 81.0 Å². The molecule has 1 saturated carbocycles. The van der Waals surface area contributed by atoms with Gasteiger partial charge in [0.2, 0.25) is 11.8 Å². The first kappa shape index (κ1) is 33.5. The molecule has 10 rings (SSSR count). The van der Waals surface area contributed by atoms with Gasteiger partial charge in [-0.15, -0.1) is 10.2 Å². The number of amides is 4. The number of carbonyl (C=O) groups is 4. The van der Waals surface area contributed by atoms with Crippen molar-refractivity contribution in [2.24, 2.45) is 17.8 Å². The molecular formula is C40H45N9O5. The lowest BCUT2D eigenvalue weighted by Gasteiger charge is -2.50. The lowest BCUT2D eigenvalue weighted by atomic mass is 9.70. The molecule has 54 heavy (non-hydrogen) atoms. The van der Waals surface area contributed by atoms with Gasteiger partial charge in [0.1, 0.15) is 11.8 Å². The molecule has 3 N–H and O–H groups in total. The molecule has 14 nitrogen and oxygen atoms in total. The second-order valence-corrected chi connectivity index (χ2v) is 16.3. The van der Waals surface area contributed by atoms with Crippen molar-refractivity contribution in [2.45, 2.75) is 50.2 Å². The molecule has 2 aromatic carbocycles. The quantitative estimate of drug-likeness (QED) is 0.319. The van der Waals surface area contributed by atoms with Gasteiger partial charge in [-0.2, -0.15) is 0 Å². The van der Waals surface area contributed by atoms with Gasteiger partial charge in [0, 0.05) is 69.5 Å². The van der Waals surface area contributed by atoms with Crippen LogP contribution in [0, 0.1) is 17.8 Å². The van der Waals surface area contributed by atoms with E-state index in [0.29, 0.717) is 52.2 Å². The predicted octanol–water partition coefficient (Wildman–Crippen LogP) is 2.40. The smallest absolute Gasteiger partial charge is 0.262 e. The van der Waals surface area contributed by atoms with Crippen LogP contribution in [-0.4, -0.2) is 131 Å². The van der Waals surface area contributed by atoms with Crippen molar-refractivity contribution in [2.75, 3.05) is 74.0 Å². The summed E-state index contributed by atoms with van der Waals surface area (Å²) < 4.78 is 0. The Morgan fingerprint density at radius 1 is 0.833 bits per heavy atom. The van der Waals surface area contributed by atoms with Gasteiger partial charge in [-0.05, 0) is 92.9 Å². The average Bonchev–Trinajstić information content (AvgIpc) is 3.63. The Bertz CT molecular complexity index is 2050. The van der Waals surface area contributed by atoms with Gasteiger partial charge in [0.25, 0.3) is 11.8 Å². The third-order valence-corrected chi connectivity index (χ3v) is 13.3. The lowest BCUT2D eigenvalue weighted by Crippen LogP contribution is -2.59. The molecule has 1 aliphatic carbocycles. The number of hydrogen-bond acceptors (Lipinski definition) is 12. The zero-order valence-corrected chi connectivity index (χ0v) is 30.2. The number of aromatic nitrogens is 2. The number of fused-ring (bicyclic) bond motifs is 5. The van der Waals surface area contributed by atoms with Crippen LogP contribution in [0.1, 0.15) is 52.8 Å². The van der Waals surface area contributed by atoms with E-state index in [1.807, 2.05) is 30.3 Å². The maximum atomic E-state index is 13.4. The fourth-order valence-corrected chi connectivity index (χ4v) is 10.3. The van der Waals surface area contributed by atoms with Gasteiger partial charge in [0.05, 0.1) is 28.6 Å². The molecule has 7 heterocycles. The summed E-state index contributed by atoms with van der Waals surface area (Å²) in [5.41, 5.74) is 4.07. The number of nitrogens with zero attached hydrogens (tertiary/aromatic N) is 7. The highest BCUT2D eigenvalue weighted by atomic mass is 16.3. The van der Waals surface area contributed by atoms with E-state index < -0.39 is 23.8 Å². The number of likely N-dealkylation sites (tertiary alicyclic amines) is 1. The van der Waals surface area contributed by atoms with Crippen LogP contribution in [-0.2, 0) is 9.59 Å². The maximum absolute atomic E-state index is 13.4. The third-order valence-electron chi connectivity index (χ3n) is 13.3. The van der Waals surface area contributed by atoms with Crippen LogP contribution in [0.3, 0.4) is 0 Å². The molecule has 4 saturated heterocycles. The molecule has 0 spiro atoms. The van der Waals surface area contributed by atoms with Gasteiger partial charge in [-0.3, -0.25) is 39.2 Å². The van der Waals surface area contributed by atoms with Crippen LogP contribution in [0.4, 0.5) is 17.2 Å². The summed E-state index contributed by atoms with van der Waals surface area (Å²) in [5.74, 6) is 1.06. The van der Waals surface area contributed by atoms with Crippen LogP contribution in [0.5, 0.6) is 5.75 Å². The van der Waals surface area contributed by atoms with E-state index >= 15 is 0 Å². The van der Waals surface area contributed by atoms with Crippen molar-refractivity contribution in [3.8, 4) is 17.0 Å². The molecule has 1 aromatic heterocycles. The second kappa shape index (κ2) is 13.0. The number of phenols is 1. The topological polar surface area (TPSA) is 155 Å². The number of para-hydroxylation sites is 1. The monoisotopic (exact) mass is 731 g/mol. The van der Waals surface area contributed by atoms with Crippen molar-refractivity contribution in [3.63, 3.8) is 0 Å². The Kier molecular flexibility index (Phi) is 8.09. The van der Waals surface area contributed by atoms with Gasteiger partial charge in [-0.1, -0.05) is 12.1 Å². The van der Waals surface area contributed by atoms with Crippen molar-refractivity contribution >= 4 is 40.8 Å². The number of aromatic hydroxyl groups is 1. The molecule has 5 fully saturated rings. The SMILES string of the molecule is O=C1CCC(N2C(=O)c3ccc(N4C[C@H]5CC(N6CCC(CN7CCN8c9cc(-c%10ccccc%10O)nnc9NC[C@H]8C7)CC6)[C@H]5C4)cc3C2=O)C(=O)N1. The molecule has 5 atom stereocenters. The van der Waals surface area contributed by atoms with E-state index in [-0.39, 0.29) is 24.5 Å². The molecule has 2 unspecified atom stereocenters. The largest absolute Gasteiger partial charge is 0.507 e. The van der Waals surface area contributed by atoms with Gasteiger partial charge >= 0.3 is 0 Å². The predicted molar refractivity (Wildman–Crippen MR) is 200 cm³/mol. The fraction of sp³-hybridized carbons (Fsp3) is 0.500. The van der Waals surface area contributed by atoms with E-state index in [1.165, 1.54) is 19.3 Å². The summed E-state index contributed by atoms with van der Waals surface area (Å²) in [4.78, 5) is 62.0.